The highest BCUT2D eigenvalue weighted by molar-refractivity contribution is 6.09. The molecule has 0 aromatic carbocycles. The molecule has 1 unspecified atom stereocenters. The SMILES string of the molecule is CN1CCn2c(-c3cc4nccn4c(C4=C[N+](C(CC#N)C5CC5)=C4)n3)cnc2C1. The second-order valence-electron chi connectivity index (χ2n) is 8.50. The predicted octanol–water partition coefficient (Wildman–Crippen LogP) is 2.17. The van der Waals surface area contributed by atoms with E-state index in [9.17, 15) is 5.26 Å². The number of hydrogen-bond donors (Lipinski definition) is 0. The van der Waals surface area contributed by atoms with Crippen molar-refractivity contribution in [2.75, 3.05) is 13.6 Å². The quantitative estimate of drug-likeness (QED) is 0.615. The molecule has 0 bridgehead atoms. The van der Waals surface area contributed by atoms with Crippen LogP contribution in [0.15, 0.2) is 30.9 Å². The first kappa shape index (κ1) is 17.5. The molecular weight excluding hydrogens is 376 g/mol. The summed E-state index contributed by atoms with van der Waals surface area (Å²) in [7, 11) is 2.12. The van der Waals surface area contributed by atoms with Crippen LogP contribution < -0.4 is 0 Å². The van der Waals surface area contributed by atoms with E-state index < -0.39 is 0 Å². The minimum atomic E-state index is 0.291. The van der Waals surface area contributed by atoms with Gasteiger partial charge in [0.15, 0.2) is 24.3 Å². The van der Waals surface area contributed by atoms with Crippen molar-refractivity contribution in [2.45, 2.75) is 38.4 Å². The van der Waals surface area contributed by atoms with Crippen LogP contribution in [0.1, 0.15) is 30.9 Å². The molecule has 30 heavy (non-hydrogen) atoms. The first-order chi connectivity index (χ1) is 14.7. The Bertz CT molecular complexity index is 1250. The Morgan fingerprint density at radius 1 is 1.30 bits per heavy atom. The van der Waals surface area contributed by atoms with Crippen LogP contribution in [-0.2, 0) is 13.1 Å². The predicted molar refractivity (Wildman–Crippen MR) is 112 cm³/mol. The fourth-order valence-electron chi connectivity index (χ4n) is 4.55. The van der Waals surface area contributed by atoms with Crippen molar-refractivity contribution in [3.05, 3.63) is 42.5 Å². The summed E-state index contributed by atoms with van der Waals surface area (Å²) in [6.07, 6.45) is 13.0. The van der Waals surface area contributed by atoms with Crippen LogP contribution in [0.25, 0.3) is 22.6 Å². The Morgan fingerprint density at radius 2 is 2.17 bits per heavy atom. The van der Waals surface area contributed by atoms with Crippen molar-refractivity contribution in [2.24, 2.45) is 5.92 Å². The summed E-state index contributed by atoms with van der Waals surface area (Å²) in [5, 5.41) is 9.19. The number of aromatic nitrogens is 5. The van der Waals surface area contributed by atoms with E-state index in [0.717, 1.165) is 53.9 Å². The lowest BCUT2D eigenvalue weighted by Crippen LogP contribution is -2.31. The molecule has 3 aromatic heterocycles. The number of fused-ring (bicyclic) bond motifs is 2. The van der Waals surface area contributed by atoms with Crippen LogP contribution in [0.3, 0.4) is 0 Å². The molecule has 0 amide bonds. The van der Waals surface area contributed by atoms with Crippen molar-refractivity contribution >= 4 is 17.4 Å². The summed E-state index contributed by atoms with van der Waals surface area (Å²) in [5.74, 6) is 2.60. The summed E-state index contributed by atoms with van der Waals surface area (Å²) in [6.45, 7) is 2.77. The third-order valence-corrected chi connectivity index (χ3v) is 6.39. The standard InChI is InChI=1S/C22H23N8/c1-27-8-9-29-19(11-25-21(29)14-27)17-10-20-24-6-7-30(20)22(26-17)16-12-28(13-16)18(4-5-23)15-2-3-15/h6-7,10-13,15,18H,2-4,8-9,14H2,1H3/q+1. The van der Waals surface area contributed by atoms with Crippen molar-refractivity contribution in [3.63, 3.8) is 0 Å². The Labute approximate surface area is 174 Å². The van der Waals surface area contributed by atoms with E-state index in [-0.39, 0.29) is 0 Å². The number of hydrogen-bond acceptors (Lipinski definition) is 5. The lowest BCUT2D eigenvalue weighted by atomic mass is 10.1. The van der Waals surface area contributed by atoms with Crippen molar-refractivity contribution in [3.8, 4) is 17.5 Å². The van der Waals surface area contributed by atoms with E-state index in [4.69, 9.17) is 4.98 Å². The zero-order valence-electron chi connectivity index (χ0n) is 16.9. The monoisotopic (exact) mass is 399 g/mol. The molecule has 3 aliphatic rings. The summed E-state index contributed by atoms with van der Waals surface area (Å²) in [4.78, 5) is 16.5. The first-order valence-electron chi connectivity index (χ1n) is 10.5. The highest BCUT2D eigenvalue weighted by Gasteiger charge is 2.41. The van der Waals surface area contributed by atoms with Gasteiger partial charge in [-0.15, -0.1) is 0 Å². The van der Waals surface area contributed by atoms with E-state index in [1.165, 1.54) is 12.8 Å². The summed E-state index contributed by atoms with van der Waals surface area (Å²) in [5.41, 5.74) is 3.89. The van der Waals surface area contributed by atoms with E-state index in [0.29, 0.717) is 18.4 Å². The average Bonchev–Trinajstić information content (AvgIpc) is 3.28. The normalized spacial score (nSPS) is 19.6. The van der Waals surface area contributed by atoms with Crippen LogP contribution in [0, 0.1) is 17.2 Å². The second-order valence-corrected chi connectivity index (χ2v) is 8.50. The second kappa shape index (κ2) is 6.61. The van der Waals surface area contributed by atoms with Crippen LogP contribution in [0.4, 0.5) is 0 Å². The van der Waals surface area contributed by atoms with Gasteiger partial charge in [-0.05, 0) is 19.9 Å². The molecule has 5 heterocycles. The van der Waals surface area contributed by atoms with Gasteiger partial charge in [-0.1, -0.05) is 0 Å². The van der Waals surface area contributed by atoms with Gasteiger partial charge >= 0.3 is 0 Å². The minimum Gasteiger partial charge on any atom is -0.324 e. The average molecular weight is 399 g/mol. The first-order valence-corrected chi connectivity index (χ1v) is 10.5. The molecule has 150 valence electrons. The maximum absolute atomic E-state index is 9.19. The molecule has 1 atom stereocenters. The lowest BCUT2D eigenvalue weighted by molar-refractivity contribution is -0.506. The van der Waals surface area contributed by atoms with Crippen LogP contribution in [0.2, 0.25) is 0 Å². The summed E-state index contributed by atoms with van der Waals surface area (Å²) < 4.78 is 6.50. The number of nitrogens with zero attached hydrogens (tertiary/aromatic N) is 8. The molecule has 2 aliphatic heterocycles. The third-order valence-electron chi connectivity index (χ3n) is 6.39. The lowest BCUT2D eigenvalue weighted by Gasteiger charge is -2.24. The van der Waals surface area contributed by atoms with Crippen molar-refractivity contribution in [1.29, 1.82) is 5.26 Å². The van der Waals surface area contributed by atoms with Gasteiger partial charge in [0.05, 0.1) is 36.6 Å². The highest BCUT2D eigenvalue weighted by atomic mass is 15.2. The number of allylic oxidation sites excluding steroid dienone is 1. The number of likely N-dealkylation sites (N-methyl/N-ethyl adjacent to an activating group) is 1. The molecule has 3 aromatic rings. The summed E-state index contributed by atoms with van der Waals surface area (Å²) >= 11 is 0. The van der Waals surface area contributed by atoms with Crippen molar-refractivity contribution < 1.29 is 4.58 Å². The zero-order chi connectivity index (χ0) is 20.2. The van der Waals surface area contributed by atoms with E-state index in [1.807, 2.05) is 29.1 Å². The molecule has 1 aliphatic carbocycles. The molecule has 0 saturated heterocycles. The molecule has 0 N–H and O–H groups in total. The van der Waals surface area contributed by atoms with Gasteiger partial charge in [0.25, 0.3) is 0 Å². The maximum atomic E-state index is 9.19. The topological polar surface area (TPSA) is 78.0 Å². The van der Waals surface area contributed by atoms with Crippen molar-refractivity contribution in [1.82, 2.24) is 28.8 Å². The molecule has 0 spiro atoms. The highest BCUT2D eigenvalue weighted by Crippen LogP contribution is 2.37. The number of rotatable bonds is 5. The molecule has 1 saturated carbocycles. The molecule has 6 rings (SSSR count). The molecular formula is C22H23N8+. The number of imidazole rings is 2. The minimum absolute atomic E-state index is 0.291. The van der Waals surface area contributed by atoms with Crippen LogP contribution in [0.5, 0.6) is 0 Å². The fraction of sp³-hybridized carbons (Fsp3) is 0.409. The largest absolute Gasteiger partial charge is 0.324 e. The van der Waals surface area contributed by atoms with Gasteiger partial charge in [0.1, 0.15) is 17.0 Å². The molecule has 8 heteroatoms. The Morgan fingerprint density at radius 3 is 2.97 bits per heavy atom. The van der Waals surface area contributed by atoms with Crippen LogP contribution in [-0.4, -0.2) is 59.2 Å². The smallest absolute Gasteiger partial charge is 0.186 e. The van der Waals surface area contributed by atoms with Gasteiger partial charge in [-0.25, -0.2) is 15.0 Å². The maximum Gasteiger partial charge on any atom is 0.186 e. The third kappa shape index (κ3) is 2.77. The Balaban J connectivity index is 1.38. The molecule has 0 radical (unpaired) electrons. The van der Waals surface area contributed by atoms with Gasteiger partial charge < -0.3 is 4.57 Å². The number of nitriles is 1. The van der Waals surface area contributed by atoms with Gasteiger partial charge in [0.2, 0.25) is 0 Å². The van der Waals surface area contributed by atoms with E-state index >= 15 is 0 Å². The molecule has 1 fully saturated rings. The van der Waals surface area contributed by atoms with Gasteiger partial charge in [-0.2, -0.15) is 9.84 Å². The fourth-order valence-corrected chi connectivity index (χ4v) is 4.55. The Hall–Kier alpha value is -3.31. The Kier molecular flexibility index (Phi) is 3.86. The van der Waals surface area contributed by atoms with E-state index in [2.05, 4.69) is 49.5 Å². The van der Waals surface area contributed by atoms with Gasteiger partial charge in [-0.3, -0.25) is 9.30 Å². The van der Waals surface area contributed by atoms with Gasteiger partial charge in [0, 0.05) is 37.5 Å². The molecule has 8 nitrogen and oxygen atoms in total. The summed E-state index contributed by atoms with van der Waals surface area (Å²) in [6, 6.07) is 4.67. The van der Waals surface area contributed by atoms with Crippen LogP contribution >= 0.6 is 0 Å². The zero-order valence-corrected chi connectivity index (χ0v) is 16.9. The van der Waals surface area contributed by atoms with E-state index in [1.54, 1.807) is 0 Å².